The number of anilines is 1. The smallest absolute Gasteiger partial charge is 0.292 e. The fourth-order valence-corrected chi connectivity index (χ4v) is 2.98. The summed E-state index contributed by atoms with van der Waals surface area (Å²) in [6.07, 6.45) is 0. The molecule has 0 aliphatic heterocycles. The van der Waals surface area contributed by atoms with Crippen molar-refractivity contribution in [3.05, 3.63) is 52.1 Å². The van der Waals surface area contributed by atoms with Crippen LogP contribution in [-0.2, 0) is 11.3 Å². The number of aromatic nitrogens is 3. The molecule has 112 valence electrons. The topological polar surface area (TPSA) is 90.0 Å². The molecule has 1 atom stereocenters. The van der Waals surface area contributed by atoms with Crippen LogP contribution >= 0.6 is 11.6 Å². The fourth-order valence-electron chi connectivity index (χ4n) is 2.86. The molecule has 2 heterocycles. The maximum Gasteiger partial charge on any atom is 0.292 e. The van der Waals surface area contributed by atoms with Gasteiger partial charge in [0.25, 0.3) is 6.01 Å². The Labute approximate surface area is 131 Å². The lowest BCUT2D eigenvalue weighted by molar-refractivity contribution is 0.178. The van der Waals surface area contributed by atoms with Crippen molar-refractivity contribution >= 4 is 17.6 Å². The molecule has 22 heavy (non-hydrogen) atoms. The third-order valence-electron chi connectivity index (χ3n) is 3.71. The summed E-state index contributed by atoms with van der Waals surface area (Å²) >= 11 is 5.98. The number of halogens is 1. The van der Waals surface area contributed by atoms with E-state index in [0.29, 0.717) is 17.4 Å². The van der Waals surface area contributed by atoms with Crippen LogP contribution in [0.5, 0.6) is 0 Å². The molecule has 1 aromatic carbocycles. The van der Waals surface area contributed by atoms with Crippen LogP contribution in [0.1, 0.15) is 28.7 Å². The van der Waals surface area contributed by atoms with Crippen LogP contribution in [0, 0.1) is 0 Å². The van der Waals surface area contributed by atoms with Gasteiger partial charge >= 0.3 is 0 Å². The number of nitrogens with zero attached hydrogens (tertiary/aromatic N) is 2. The molecule has 0 radical (unpaired) electrons. The number of fused-ring (bicyclic) bond motifs is 3. The van der Waals surface area contributed by atoms with E-state index >= 15 is 0 Å². The van der Waals surface area contributed by atoms with E-state index in [2.05, 4.69) is 15.0 Å². The molecule has 0 saturated carbocycles. The van der Waals surface area contributed by atoms with Crippen LogP contribution in [0.25, 0.3) is 11.5 Å². The zero-order valence-corrected chi connectivity index (χ0v) is 12.5. The highest BCUT2D eigenvalue weighted by molar-refractivity contribution is 6.30. The third-order valence-corrected chi connectivity index (χ3v) is 3.96. The monoisotopic (exact) mass is 316 g/mol. The summed E-state index contributed by atoms with van der Waals surface area (Å²) in [5.41, 5.74) is 9.22. The minimum atomic E-state index is -0.0959. The Morgan fingerprint density at radius 2 is 2.09 bits per heavy atom. The number of aromatic amines is 1. The number of nitrogen functional groups attached to an aromatic ring is 1. The molecule has 0 fully saturated rings. The lowest BCUT2D eigenvalue weighted by Crippen LogP contribution is -2.02. The summed E-state index contributed by atoms with van der Waals surface area (Å²) in [4.78, 5) is 12.2. The van der Waals surface area contributed by atoms with Crippen LogP contribution in [0.15, 0.2) is 28.7 Å². The predicted molar refractivity (Wildman–Crippen MR) is 81.6 cm³/mol. The molecule has 6 nitrogen and oxygen atoms in total. The van der Waals surface area contributed by atoms with Crippen molar-refractivity contribution in [1.29, 1.82) is 0 Å². The van der Waals surface area contributed by atoms with E-state index in [1.54, 1.807) is 7.11 Å². The molecule has 4 rings (SSSR count). The molecule has 0 saturated heterocycles. The van der Waals surface area contributed by atoms with Gasteiger partial charge in [-0.2, -0.15) is 4.98 Å². The number of hydrogen-bond donors (Lipinski definition) is 2. The molecule has 1 aliphatic carbocycles. The highest BCUT2D eigenvalue weighted by atomic mass is 35.5. The van der Waals surface area contributed by atoms with E-state index in [1.165, 1.54) is 0 Å². The Balaban J connectivity index is 1.89. The average Bonchev–Trinajstić information content (AvgIpc) is 3.11. The highest BCUT2D eigenvalue weighted by Gasteiger charge is 2.38. The number of ether oxygens (including phenoxy) is 1. The Morgan fingerprint density at radius 3 is 2.82 bits per heavy atom. The van der Waals surface area contributed by atoms with Gasteiger partial charge in [-0.3, -0.25) is 0 Å². The van der Waals surface area contributed by atoms with Crippen LogP contribution < -0.4 is 5.73 Å². The zero-order valence-electron chi connectivity index (χ0n) is 11.8. The molecule has 3 N–H and O–H groups in total. The molecular formula is C15H13ClN4O2. The van der Waals surface area contributed by atoms with E-state index in [4.69, 9.17) is 26.5 Å². The van der Waals surface area contributed by atoms with E-state index in [-0.39, 0.29) is 11.9 Å². The number of nitrogens with one attached hydrogen (secondary N) is 1. The minimum Gasteiger partial charge on any atom is -0.422 e. The maximum absolute atomic E-state index is 5.98. The molecule has 2 aromatic heterocycles. The van der Waals surface area contributed by atoms with Crippen molar-refractivity contribution in [3.8, 4) is 11.5 Å². The van der Waals surface area contributed by atoms with E-state index in [9.17, 15) is 0 Å². The number of benzene rings is 1. The van der Waals surface area contributed by atoms with E-state index in [0.717, 1.165) is 28.5 Å². The van der Waals surface area contributed by atoms with Gasteiger partial charge in [0.15, 0.2) is 5.76 Å². The maximum atomic E-state index is 5.98. The second-order valence-electron chi connectivity index (χ2n) is 5.13. The van der Waals surface area contributed by atoms with Crippen molar-refractivity contribution < 1.29 is 9.15 Å². The van der Waals surface area contributed by atoms with Gasteiger partial charge in [0.2, 0.25) is 0 Å². The number of hydrogen-bond acceptors (Lipinski definition) is 5. The highest BCUT2D eigenvalue weighted by Crippen LogP contribution is 2.47. The molecule has 1 aliphatic rings. The SMILES string of the molecule is COCc1nc2c([nH]1)[C@H](c1ccc(Cl)cc1)c1nc(N)oc1-2. The molecule has 7 heteroatoms. The molecule has 0 unspecified atom stereocenters. The average molecular weight is 317 g/mol. The number of nitrogens with two attached hydrogens (primary N) is 1. The summed E-state index contributed by atoms with van der Waals surface area (Å²) in [6, 6.07) is 7.78. The van der Waals surface area contributed by atoms with Crippen LogP contribution in [0.4, 0.5) is 6.01 Å². The summed E-state index contributed by atoms with van der Waals surface area (Å²) < 4.78 is 10.7. The van der Waals surface area contributed by atoms with E-state index in [1.807, 2.05) is 24.3 Å². The summed E-state index contributed by atoms with van der Waals surface area (Å²) in [5.74, 6) is 1.26. The Kier molecular flexibility index (Phi) is 2.95. The van der Waals surface area contributed by atoms with Crippen LogP contribution in [0.2, 0.25) is 5.02 Å². The minimum absolute atomic E-state index is 0.0959. The second kappa shape index (κ2) is 4.86. The number of H-pyrrole nitrogens is 1. The predicted octanol–water partition coefficient (Wildman–Crippen LogP) is 2.94. The van der Waals surface area contributed by atoms with Crippen molar-refractivity contribution in [2.24, 2.45) is 0 Å². The van der Waals surface area contributed by atoms with Gasteiger partial charge in [0, 0.05) is 12.1 Å². The van der Waals surface area contributed by atoms with Crippen molar-refractivity contribution in [2.45, 2.75) is 12.5 Å². The van der Waals surface area contributed by atoms with Gasteiger partial charge in [-0.1, -0.05) is 23.7 Å². The van der Waals surface area contributed by atoms with Gasteiger partial charge in [0.1, 0.15) is 23.8 Å². The summed E-state index contributed by atoms with van der Waals surface area (Å²) in [6.45, 7) is 0.402. The van der Waals surface area contributed by atoms with Gasteiger partial charge in [0.05, 0.1) is 11.6 Å². The summed E-state index contributed by atoms with van der Waals surface area (Å²) in [7, 11) is 1.63. The van der Waals surface area contributed by atoms with Gasteiger partial charge in [-0.25, -0.2) is 4.98 Å². The lowest BCUT2D eigenvalue weighted by atomic mass is 9.96. The normalized spacial score (nSPS) is 15.8. The fraction of sp³-hybridized carbons (Fsp3) is 0.200. The molecule has 0 bridgehead atoms. The molecule has 0 spiro atoms. The number of rotatable bonds is 3. The molecule has 3 aromatic rings. The number of methoxy groups -OCH3 is 1. The third kappa shape index (κ3) is 1.92. The second-order valence-corrected chi connectivity index (χ2v) is 5.57. The van der Waals surface area contributed by atoms with Crippen LogP contribution in [-0.4, -0.2) is 22.1 Å². The number of oxazole rings is 1. The van der Waals surface area contributed by atoms with Crippen molar-refractivity contribution in [3.63, 3.8) is 0 Å². The number of imidazole rings is 1. The van der Waals surface area contributed by atoms with E-state index < -0.39 is 0 Å². The standard InChI is InChI=1S/C15H13ClN4O2/c1-21-6-9-18-11-10(7-2-4-8(16)5-3-7)12-14(13(11)19-9)22-15(17)20-12/h2-5,10H,6H2,1H3,(H2,17,20)(H,18,19)/t10-/m0/s1. The first kappa shape index (κ1) is 13.4. The first-order chi connectivity index (χ1) is 10.7. The van der Waals surface area contributed by atoms with Crippen molar-refractivity contribution in [2.75, 3.05) is 12.8 Å². The quantitative estimate of drug-likeness (QED) is 0.606. The Hall–Kier alpha value is -2.31. The molecule has 0 amide bonds. The first-order valence-electron chi connectivity index (χ1n) is 6.77. The van der Waals surface area contributed by atoms with Crippen molar-refractivity contribution in [1.82, 2.24) is 15.0 Å². The zero-order chi connectivity index (χ0) is 15.3. The van der Waals surface area contributed by atoms with Crippen LogP contribution in [0.3, 0.4) is 0 Å². The van der Waals surface area contributed by atoms with Gasteiger partial charge < -0.3 is 19.9 Å². The largest absolute Gasteiger partial charge is 0.422 e. The lowest BCUT2D eigenvalue weighted by Gasteiger charge is -2.10. The van der Waals surface area contributed by atoms with Gasteiger partial charge in [-0.05, 0) is 17.7 Å². The Bertz CT molecular complexity index is 838. The summed E-state index contributed by atoms with van der Waals surface area (Å²) in [5, 5.41) is 0.687. The molecular weight excluding hydrogens is 304 g/mol. The first-order valence-corrected chi connectivity index (χ1v) is 7.15. The Morgan fingerprint density at radius 1 is 1.32 bits per heavy atom. The van der Waals surface area contributed by atoms with Gasteiger partial charge in [-0.15, -0.1) is 0 Å².